The van der Waals surface area contributed by atoms with E-state index in [1.165, 1.54) is 0 Å². The number of hydrogen-bond acceptors (Lipinski definition) is 3. The van der Waals surface area contributed by atoms with Gasteiger partial charge < -0.3 is 15.8 Å². The Morgan fingerprint density at radius 3 is 2.76 bits per heavy atom. The van der Waals surface area contributed by atoms with Gasteiger partial charge in [-0.05, 0) is 24.8 Å². The van der Waals surface area contributed by atoms with Gasteiger partial charge in [-0.3, -0.25) is 9.59 Å². The third-order valence-electron chi connectivity index (χ3n) is 3.36. The first-order valence-corrected chi connectivity index (χ1v) is 7.09. The molecule has 0 aliphatic carbocycles. The second-order valence-corrected chi connectivity index (χ2v) is 5.01. The Bertz CT molecular complexity index is 508. The predicted octanol–water partition coefficient (Wildman–Crippen LogP) is 1.24. The van der Waals surface area contributed by atoms with Crippen molar-refractivity contribution in [2.45, 2.75) is 31.4 Å². The van der Waals surface area contributed by atoms with Crippen LogP contribution in [0.5, 0.6) is 0 Å². The van der Waals surface area contributed by atoms with E-state index in [-0.39, 0.29) is 5.91 Å². The average molecular weight is 288 g/mol. The van der Waals surface area contributed by atoms with Crippen molar-refractivity contribution in [2.75, 3.05) is 6.61 Å². The highest BCUT2D eigenvalue weighted by Crippen LogP contribution is 2.12. The topological polar surface area (TPSA) is 81.4 Å². The zero-order valence-corrected chi connectivity index (χ0v) is 11.8. The van der Waals surface area contributed by atoms with Gasteiger partial charge in [0.25, 0.3) is 0 Å². The van der Waals surface area contributed by atoms with E-state index in [0.29, 0.717) is 19.4 Å². The number of rotatable bonds is 6. The molecule has 1 aliphatic heterocycles. The highest BCUT2D eigenvalue weighted by molar-refractivity contribution is 5.88. The molecule has 0 saturated carbocycles. The van der Waals surface area contributed by atoms with Crippen molar-refractivity contribution in [3.63, 3.8) is 0 Å². The molecule has 2 amide bonds. The molecule has 2 atom stereocenters. The number of nitrogens with one attached hydrogen (secondary N) is 1. The van der Waals surface area contributed by atoms with E-state index < -0.39 is 18.1 Å². The van der Waals surface area contributed by atoms with Crippen LogP contribution in [0.25, 0.3) is 6.08 Å². The maximum absolute atomic E-state index is 11.9. The second kappa shape index (κ2) is 7.59. The zero-order chi connectivity index (χ0) is 15.1. The minimum absolute atomic E-state index is 0.260. The van der Waals surface area contributed by atoms with E-state index in [1.54, 1.807) is 0 Å². The molecule has 0 bridgehead atoms. The summed E-state index contributed by atoms with van der Waals surface area (Å²) < 4.78 is 5.29. The van der Waals surface area contributed by atoms with Crippen LogP contribution in [0, 0.1) is 0 Å². The summed E-state index contributed by atoms with van der Waals surface area (Å²) in [6.45, 7) is 0.591. The summed E-state index contributed by atoms with van der Waals surface area (Å²) in [6, 6.07) is 9.02. The number of benzene rings is 1. The highest BCUT2D eigenvalue weighted by Gasteiger charge is 2.26. The van der Waals surface area contributed by atoms with Crippen LogP contribution in [0.1, 0.15) is 24.8 Å². The lowest BCUT2D eigenvalue weighted by atomic mass is 10.1. The molecule has 1 aromatic rings. The molecule has 0 spiro atoms. The summed E-state index contributed by atoms with van der Waals surface area (Å²) in [5, 5.41) is 2.65. The quantitative estimate of drug-likeness (QED) is 0.826. The minimum Gasteiger partial charge on any atom is -0.368 e. The van der Waals surface area contributed by atoms with Crippen LogP contribution in [-0.4, -0.2) is 30.6 Å². The maximum atomic E-state index is 11.9. The van der Waals surface area contributed by atoms with Crippen LogP contribution in [0.3, 0.4) is 0 Å². The van der Waals surface area contributed by atoms with Crippen molar-refractivity contribution in [1.82, 2.24) is 5.32 Å². The third-order valence-corrected chi connectivity index (χ3v) is 3.36. The van der Waals surface area contributed by atoms with Crippen molar-refractivity contribution >= 4 is 17.9 Å². The van der Waals surface area contributed by atoms with Crippen molar-refractivity contribution in [1.29, 1.82) is 0 Å². The Balaban J connectivity index is 1.88. The number of ether oxygens (including phenoxy) is 1. The van der Waals surface area contributed by atoms with E-state index >= 15 is 0 Å². The summed E-state index contributed by atoms with van der Waals surface area (Å²) in [4.78, 5) is 23.4. The van der Waals surface area contributed by atoms with Crippen LogP contribution in [0.15, 0.2) is 36.4 Å². The summed E-state index contributed by atoms with van der Waals surface area (Å²) >= 11 is 0. The van der Waals surface area contributed by atoms with Gasteiger partial charge >= 0.3 is 0 Å². The van der Waals surface area contributed by atoms with Crippen molar-refractivity contribution < 1.29 is 14.3 Å². The van der Waals surface area contributed by atoms with Gasteiger partial charge in [0.05, 0.1) is 0 Å². The lowest BCUT2D eigenvalue weighted by Gasteiger charge is -2.16. The summed E-state index contributed by atoms with van der Waals surface area (Å²) in [5.41, 5.74) is 6.37. The van der Waals surface area contributed by atoms with Gasteiger partial charge in [-0.25, -0.2) is 0 Å². The Hall–Kier alpha value is -2.14. The van der Waals surface area contributed by atoms with Crippen LogP contribution in [0.2, 0.25) is 0 Å². The molecule has 0 unspecified atom stereocenters. The average Bonchev–Trinajstić information content (AvgIpc) is 3.01. The molecule has 1 saturated heterocycles. The van der Waals surface area contributed by atoms with E-state index in [2.05, 4.69) is 5.32 Å². The normalized spacial score (nSPS) is 19.5. The van der Waals surface area contributed by atoms with E-state index in [0.717, 1.165) is 12.0 Å². The molecule has 3 N–H and O–H groups in total. The third kappa shape index (κ3) is 4.72. The molecule has 1 fully saturated rings. The highest BCUT2D eigenvalue weighted by atomic mass is 16.5. The summed E-state index contributed by atoms with van der Waals surface area (Å²) in [7, 11) is 0. The van der Waals surface area contributed by atoms with Gasteiger partial charge in [-0.1, -0.05) is 42.5 Å². The monoisotopic (exact) mass is 288 g/mol. The van der Waals surface area contributed by atoms with Crippen LogP contribution < -0.4 is 11.1 Å². The molecule has 1 heterocycles. The molecule has 21 heavy (non-hydrogen) atoms. The van der Waals surface area contributed by atoms with Gasteiger partial charge in [0.1, 0.15) is 12.1 Å². The second-order valence-electron chi connectivity index (χ2n) is 5.01. The van der Waals surface area contributed by atoms with Crippen LogP contribution in [-0.2, 0) is 14.3 Å². The molecule has 112 valence electrons. The first-order chi connectivity index (χ1) is 10.2. The fraction of sp³-hybridized carbons (Fsp3) is 0.375. The number of carbonyl (C=O) groups excluding carboxylic acids is 2. The standard InChI is InChI=1S/C16H20N2O3/c17-15(19)13(18-16(20)14-10-5-11-21-14)9-4-8-12-6-2-1-3-7-12/h1-4,6-8,13-14H,5,9-11H2,(H2,17,19)(H,18,20)/b8-4+/t13-,14+/m0/s1. The molecule has 0 aromatic heterocycles. The molecule has 5 heteroatoms. The van der Waals surface area contributed by atoms with E-state index in [9.17, 15) is 9.59 Å². The van der Waals surface area contributed by atoms with E-state index in [4.69, 9.17) is 10.5 Å². The first-order valence-electron chi connectivity index (χ1n) is 7.09. The van der Waals surface area contributed by atoms with Crippen molar-refractivity contribution in [3.8, 4) is 0 Å². The Morgan fingerprint density at radius 1 is 1.38 bits per heavy atom. The van der Waals surface area contributed by atoms with Crippen LogP contribution >= 0.6 is 0 Å². The molecular formula is C16H20N2O3. The Kier molecular flexibility index (Phi) is 5.51. The largest absolute Gasteiger partial charge is 0.368 e. The fourth-order valence-corrected chi connectivity index (χ4v) is 2.20. The number of amides is 2. The molecule has 5 nitrogen and oxygen atoms in total. The SMILES string of the molecule is NC(=O)[C@H](C/C=C/c1ccccc1)NC(=O)[C@H]1CCCO1. The smallest absolute Gasteiger partial charge is 0.249 e. The molecule has 2 rings (SSSR count). The summed E-state index contributed by atoms with van der Waals surface area (Å²) in [6.07, 6.45) is 5.20. The lowest BCUT2D eigenvalue weighted by Crippen LogP contribution is -2.47. The van der Waals surface area contributed by atoms with Gasteiger partial charge in [-0.15, -0.1) is 0 Å². The van der Waals surface area contributed by atoms with Gasteiger partial charge in [0, 0.05) is 6.61 Å². The maximum Gasteiger partial charge on any atom is 0.249 e. The Morgan fingerprint density at radius 2 is 2.14 bits per heavy atom. The van der Waals surface area contributed by atoms with E-state index in [1.807, 2.05) is 42.5 Å². The van der Waals surface area contributed by atoms with Crippen molar-refractivity contribution in [3.05, 3.63) is 42.0 Å². The van der Waals surface area contributed by atoms with Gasteiger partial charge in [-0.2, -0.15) is 0 Å². The zero-order valence-electron chi connectivity index (χ0n) is 11.8. The van der Waals surface area contributed by atoms with Crippen LogP contribution in [0.4, 0.5) is 0 Å². The molecule has 1 aliphatic rings. The first kappa shape index (κ1) is 15.3. The van der Waals surface area contributed by atoms with Gasteiger partial charge in [0.2, 0.25) is 11.8 Å². The van der Waals surface area contributed by atoms with Crippen molar-refractivity contribution in [2.24, 2.45) is 5.73 Å². The number of carbonyl (C=O) groups is 2. The molecular weight excluding hydrogens is 268 g/mol. The fourth-order valence-electron chi connectivity index (χ4n) is 2.20. The lowest BCUT2D eigenvalue weighted by molar-refractivity contribution is -0.133. The van der Waals surface area contributed by atoms with Gasteiger partial charge in [0.15, 0.2) is 0 Å². The molecule has 1 aromatic carbocycles. The molecule has 0 radical (unpaired) electrons. The number of nitrogens with two attached hydrogens (primary N) is 1. The number of primary amides is 1. The number of hydrogen-bond donors (Lipinski definition) is 2. The Labute approximate surface area is 124 Å². The summed E-state index contributed by atoms with van der Waals surface area (Å²) in [5.74, 6) is -0.802. The minimum atomic E-state index is -0.707. The predicted molar refractivity (Wildman–Crippen MR) is 80.2 cm³/mol.